The van der Waals surface area contributed by atoms with Crippen molar-refractivity contribution in [1.82, 2.24) is 0 Å². The Hall–Kier alpha value is -1.78. The first-order valence-corrected chi connectivity index (χ1v) is 6.49. The van der Waals surface area contributed by atoms with Gasteiger partial charge in [0.2, 0.25) is 5.91 Å². The molecule has 2 aromatic carbocycles. The number of carbonyl (C=O) groups excluding carboxylic acids is 1. The molecule has 3 nitrogen and oxygen atoms in total. The summed E-state index contributed by atoms with van der Waals surface area (Å²) >= 11 is 11.8. The maximum absolute atomic E-state index is 12.9. The minimum absolute atomic E-state index is 0.330. The Morgan fingerprint density at radius 2 is 1.75 bits per heavy atom. The fraction of sp³-hybridized carbons (Fsp3) is 0.0714. The van der Waals surface area contributed by atoms with Crippen LogP contribution in [0.4, 0.5) is 10.1 Å². The summed E-state index contributed by atoms with van der Waals surface area (Å²) in [6.07, 6.45) is 0. The number of carbonyl (C=O) groups is 1. The second kappa shape index (κ2) is 6.11. The Morgan fingerprint density at radius 1 is 1.10 bits per heavy atom. The van der Waals surface area contributed by atoms with E-state index in [1.54, 1.807) is 18.2 Å². The smallest absolute Gasteiger partial charge is 0.244 e. The third-order valence-corrected chi connectivity index (χ3v) is 3.46. The third kappa shape index (κ3) is 3.40. The number of nitrogens with two attached hydrogens (primary N) is 1. The van der Waals surface area contributed by atoms with Crippen molar-refractivity contribution in [3.05, 3.63) is 63.9 Å². The van der Waals surface area contributed by atoms with Crippen LogP contribution in [0.2, 0.25) is 10.0 Å². The van der Waals surface area contributed by atoms with E-state index in [2.05, 4.69) is 5.32 Å². The Kier molecular flexibility index (Phi) is 4.47. The molecular weight excluding hydrogens is 302 g/mol. The summed E-state index contributed by atoms with van der Waals surface area (Å²) in [5.74, 6) is -0.937. The lowest BCUT2D eigenvalue weighted by atomic mass is 10.1. The van der Waals surface area contributed by atoms with E-state index in [1.165, 1.54) is 24.3 Å². The normalized spacial score (nSPS) is 11.9. The maximum Gasteiger partial charge on any atom is 0.244 e. The van der Waals surface area contributed by atoms with Crippen molar-refractivity contribution in [2.45, 2.75) is 6.04 Å². The van der Waals surface area contributed by atoms with Crippen LogP contribution in [0.1, 0.15) is 11.6 Å². The SMILES string of the molecule is NC(=O)C(Nc1ccc(F)cc1)c1ccc(Cl)c(Cl)c1. The highest BCUT2D eigenvalue weighted by molar-refractivity contribution is 6.42. The molecule has 0 saturated heterocycles. The Morgan fingerprint density at radius 3 is 2.30 bits per heavy atom. The lowest BCUT2D eigenvalue weighted by molar-refractivity contribution is -0.118. The molecule has 1 atom stereocenters. The molecule has 3 N–H and O–H groups in total. The molecule has 104 valence electrons. The van der Waals surface area contributed by atoms with Crippen molar-refractivity contribution >= 4 is 34.8 Å². The van der Waals surface area contributed by atoms with Gasteiger partial charge in [-0.15, -0.1) is 0 Å². The van der Waals surface area contributed by atoms with E-state index in [4.69, 9.17) is 28.9 Å². The number of anilines is 1. The van der Waals surface area contributed by atoms with E-state index >= 15 is 0 Å². The zero-order valence-electron chi connectivity index (χ0n) is 10.2. The average Bonchev–Trinajstić information content (AvgIpc) is 2.41. The molecule has 1 amide bonds. The Labute approximate surface area is 125 Å². The Balaban J connectivity index is 2.29. The first-order valence-electron chi connectivity index (χ1n) is 5.74. The van der Waals surface area contributed by atoms with Gasteiger partial charge in [-0.25, -0.2) is 4.39 Å². The van der Waals surface area contributed by atoms with Gasteiger partial charge in [0.25, 0.3) is 0 Å². The topological polar surface area (TPSA) is 55.1 Å². The predicted octanol–water partition coefficient (Wildman–Crippen LogP) is 3.77. The van der Waals surface area contributed by atoms with Crippen LogP contribution in [-0.2, 0) is 4.79 Å². The van der Waals surface area contributed by atoms with Crippen molar-refractivity contribution in [2.75, 3.05) is 5.32 Å². The van der Waals surface area contributed by atoms with Crippen LogP contribution in [0, 0.1) is 5.82 Å². The number of amides is 1. The molecular formula is C14H11Cl2FN2O. The summed E-state index contributed by atoms with van der Waals surface area (Å²) in [5.41, 5.74) is 6.53. The number of hydrogen-bond acceptors (Lipinski definition) is 2. The van der Waals surface area contributed by atoms with Gasteiger partial charge < -0.3 is 11.1 Å². The Bertz CT molecular complexity index is 632. The van der Waals surface area contributed by atoms with E-state index in [-0.39, 0.29) is 5.82 Å². The van der Waals surface area contributed by atoms with E-state index in [0.29, 0.717) is 21.3 Å². The molecule has 20 heavy (non-hydrogen) atoms. The van der Waals surface area contributed by atoms with Gasteiger partial charge in [0.15, 0.2) is 0 Å². The zero-order chi connectivity index (χ0) is 14.7. The molecule has 0 bridgehead atoms. The fourth-order valence-corrected chi connectivity index (χ4v) is 2.03. The van der Waals surface area contributed by atoms with Crippen LogP contribution in [0.3, 0.4) is 0 Å². The van der Waals surface area contributed by atoms with Crippen molar-refractivity contribution in [3.63, 3.8) is 0 Å². The number of primary amides is 1. The van der Waals surface area contributed by atoms with Gasteiger partial charge in [0.1, 0.15) is 11.9 Å². The number of nitrogens with one attached hydrogen (secondary N) is 1. The van der Waals surface area contributed by atoms with Crippen LogP contribution in [0.5, 0.6) is 0 Å². The second-order valence-electron chi connectivity index (χ2n) is 4.16. The predicted molar refractivity (Wildman–Crippen MR) is 78.4 cm³/mol. The van der Waals surface area contributed by atoms with Crippen LogP contribution in [-0.4, -0.2) is 5.91 Å². The first-order chi connectivity index (χ1) is 9.47. The minimum atomic E-state index is -0.782. The van der Waals surface area contributed by atoms with Gasteiger partial charge in [0, 0.05) is 5.69 Å². The number of benzene rings is 2. The number of rotatable bonds is 4. The molecule has 2 aromatic rings. The summed E-state index contributed by atoms with van der Waals surface area (Å²) in [6.45, 7) is 0. The highest BCUT2D eigenvalue weighted by atomic mass is 35.5. The lowest BCUT2D eigenvalue weighted by Crippen LogP contribution is -2.27. The standard InChI is InChI=1S/C14H11Cl2FN2O/c15-11-6-1-8(7-12(11)16)13(14(18)20)19-10-4-2-9(17)3-5-10/h1-7,13,19H,(H2,18,20). The summed E-state index contributed by atoms with van der Waals surface area (Å²) in [4.78, 5) is 11.6. The molecule has 0 spiro atoms. The molecule has 0 aromatic heterocycles. The van der Waals surface area contributed by atoms with Crippen molar-refractivity contribution < 1.29 is 9.18 Å². The molecule has 0 saturated carbocycles. The minimum Gasteiger partial charge on any atom is -0.370 e. The third-order valence-electron chi connectivity index (χ3n) is 2.72. The number of halogens is 3. The molecule has 0 aliphatic rings. The van der Waals surface area contributed by atoms with E-state index in [1.807, 2.05) is 0 Å². The summed E-state index contributed by atoms with van der Waals surface area (Å²) in [7, 11) is 0. The molecule has 6 heteroatoms. The van der Waals surface area contributed by atoms with Crippen LogP contribution < -0.4 is 11.1 Å². The van der Waals surface area contributed by atoms with Crippen LogP contribution >= 0.6 is 23.2 Å². The number of hydrogen-bond donors (Lipinski definition) is 2. The van der Waals surface area contributed by atoms with E-state index < -0.39 is 11.9 Å². The highest BCUT2D eigenvalue weighted by Crippen LogP contribution is 2.27. The largest absolute Gasteiger partial charge is 0.370 e. The van der Waals surface area contributed by atoms with Gasteiger partial charge in [0.05, 0.1) is 10.0 Å². The van der Waals surface area contributed by atoms with Crippen molar-refractivity contribution in [3.8, 4) is 0 Å². The van der Waals surface area contributed by atoms with Crippen LogP contribution in [0.15, 0.2) is 42.5 Å². The monoisotopic (exact) mass is 312 g/mol. The highest BCUT2D eigenvalue weighted by Gasteiger charge is 2.18. The molecule has 0 heterocycles. The van der Waals surface area contributed by atoms with Gasteiger partial charge in [-0.1, -0.05) is 29.3 Å². The quantitative estimate of drug-likeness (QED) is 0.903. The lowest BCUT2D eigenvalue weighted by Gasteiger charge is -2.17. The van der Waals surface area contributed by atoms with Gasteiger partial charge in [-0.3, -0.25) is 4.79 Å². The van der Waals surface area contributed by atoms with Crippen molar-refractivity contribution in [2.24, 2.45) is 5.73 Å². The first kappa shape index (κ1) is 14.6. The van der Waals surface area contributed by atoms with Gasteiger partial charge in [-0.2, -0.15) is 0 Å². The van der Waals surface area contributed by atoms with Gasteiger partial charge >= 0.3 is 0 Å². The maximum atomic E-state index is 12.9. The molecule has 2 rings (SSSR count). The molecule has 1 unspecified atom stereocenters. The molecule has 0 aliphatic carbocycles. The van der Waals surface area contributed by atoms with Crippen LogP contribution in [0.25, 0.3) is 0 Å². The van der Waals surface area contributed by atoms with E-state index in [0.717, 1.165) is 0 Å². The summed E-state index contributed by atoms with van der Waals surface area (Å²) in [6, 6.07) is 9.63. The van der Waals surface area contributed by atoms with Gasteiger partial charge in [-0.05, 0) is 42.0 Å². The molecule has 0 fully saturated rings. The average molecular weight is 313 g/mol. The zero-order valence-corrected chi connectivity index (χ0v) is 11.8. The fourth-order valence-electron chi connectivity index (χ4n) is 1.72. The molecule has 0 aliphatic heterocycles. The summed E-state index contributed by atoms with van der Waals surface area (Å²) in [5, 5.41) is 3.64. The van der Waals surface area contributed by atoms with Crippen molar-refractivity contribution in [1.29, 1.82) is 0 Å². The molecule has 0 radical (unpaired) electrons. The van der Waals surface area contributed by atoms with E-state index in [9.17, 15) is 9.18 Å². The summed E-state index contributed by atoms with van der Waals surface area (Å²) < 4.78 is 12.9. The second-order valence-corrected chi connectivity index (χ2v) is 4.97.